The highest BCUT2D eigenvalue weighted by atomic mass is 14.9. The third-order valence-corrected chi connectivity index (χ3v) is 3.66. The van der Waals surface area contributed by atoms with Crippen LogP contribution < -0.4 is 5.32 Å². The maximum Gasteiger partial charge on any atom is -0.00142 e. The summed E-state index contributed by atoms with van der Waals surface area (Å²) < 4.78 is 0. The van der Waals surface area contributed by atoms with E-state index in [2.05, 4.69) is 44.3 Å². The van der Waals surface area contributed by atoms with E-state index in [0.717, 1.165) is 11.8 Å². The van der Waals surface area contributed by atoms with Crippen LogP contribution in [-0.2, 0) is 6.42 Å². The molecule has 0 amide bonds. The summed E-state index contributed by atoms with van der Waals surface area (Å²) >= 11 is 0. The molecule has 1 heterocycles. The zero-order valence-corrected chi connectivity index (χ0v) is 10.0. The van der Waals surface area contributed by atoms with Crippen molar-refractivity contribution < 1.29 is 0 Å². The Morgan fingerprint density at radius 1 is 1.27 bits per heavy atom. The molecule has 1 saturated heterocycles. The minimum absolute atomic E-state index is 0.824. The molecule has 0 radical (unpaired) electrons. The minimum Gasteiger partial charge on any atom is -0.316 e. The van der Waals surface area contributed by atoms with Gasteiger partial charge in [-0.1, -0.05) is 30.7 Å². The van der Waals surface area contributed by atoms with Gasteiger partial charge in [0, 0.05) is 0 Å². The summed E-state index contributed by atoms with van der Waals surface area (Å²) in [7, 11) is 0. The quantitative estimate of drug-likeness (QED) is 0.779. The topological polar surface area (TPSA) is 12.0 Å². The van der Waals surface area contributed by atoms with Gasteiger partial charge in [0.2, 0.25) is 0 Å². The van der Waals surface area contributed by atoms with Crippen molar-refractivity contribution in [3.05, 3.63) is 34.9 Å². The molecule has 1 aromatic carbocycles. The van der Waals surface area contributed by atoms with E-state index in [1.165, 1.54) is 36.2 Å². The van der Waals surface area contributed by atoms with Crippen LogP contribution in [0.1, 0.15) is 23.6 Å². The highest BCUT2D eigenvalue weighted by Gasteiger charge is 2.23. The molecule has 1 N–H and O–H groups in total. The molecule has 1 aliphatic heterocycles. The Morgan fingerprint density at radius 2 is 2.07 bits per heavy atom. The Balaban J connectivity index is 2.12. The Bertz CT molecular complexity index is 343. The van der Waals surface area contributed by atoms with Crippen LogP contribution in [0.25, 0.3) is 0 Å². The fourth-order valence-corrected chi connectivity index (χ4v) is 2.44. The average Bonchev–Trinajstić information content (AvgIpc) is 2.58. The molecule has 15 heavy (non-hydrogen) atoms. The van der Waals surface area contributed by atoms with E-state index in [1.54, 1.807) is 0 Å². The van der Waals surface area contributed by atoms with Crippen LogP contribution in [0.15, 0.2) is 18.2 Å². The van der Waals surface area contributed by atoms with Crippen LogP contribution >= 0.6 is 0 Å². The average molecular weight is 203 g/mol. The summed E-state index contributed by atoms with van der Waals surface area (Å²) in [5.74, 6) is 1.65. The molecule has 1 heteroatoms. The Labute approximate surface area is 92.9 Å². The Morgan fingerprint density at radius 3 is 2.73 bits per heavy atom. The Kier molecular flexibility index (Phi) is 3.11. The lowest BCUT2D eigenvalue weighted by molar-refractivity contribution is 0.450. The van der Waals surface area contributed by atoms with E-state index in [1.807, 2.05) is 0 Å². The predicted octanol–water partition coefficient (Wildman–Crippen LogP) is 2.70. The first-order valence-corrected chi connectivity index (χ1v) is 5.93. The van der Waals surface area contributed by atoms with E-state index in [9.17, 15) is 0 Å². The molecule has 2 atom stereocenters. The monoisotopic (exact) mass is 203 g/mol. The standard InChI is InChI=1S/C14H21N/c1-10-4-5-11(2)13(6-10)7-14-9-15-8-12(14)3/h4-6,12,14-15H,7-9H2,1-3H3/t12-,14-/m1/s1. The zero-order chi connectivity index (χ0) is 10.8. The molecule has 1 aliphatic rings. The first-order chi connectivity index (χ1) is 7.16. The van der Waals surface area contributed by atoms with E-state index in [-0.39, 0.29) is 0 Å². The van der Waals surface area contributed by atoms with E-state index < -0.39 is 0 Å². The zero-order valence-electron chi connectivity index (χ0n) is 10.0. The van der Waals surface area contributed by atoms with Gasteiger partial charge in [0.1, 0.15) is 0 Å². The molecule has 0 aromatic heterocycles. The molecule has 1 nitrogen and oxygen atoms in total. The number of nitrogens with one attached hydrogen (secondary N) is 1. The normalized spacial score (nSPS) is 25.8. The van der Waals surface area contributed by atoms with Gasteiger partial charge in [-0.15, -0.1) is 0 Å². The molecule has 1 fully saturated rings. The molecule has 0 saturated carbocycles. The smallest absolute Gasteiger partial charge is 0.00142 e. The molecule has 82 valence electrons. The van der Waals surface area contributed by atoms with E-state index in [4.69, 9.17) is 0 Å². The van der Waals surface area contributed by atoms with Gasteiger partial charge in [-0.05, 0) is 56.3 Å². The number of benzene rings is 1. The van der Waals surface area contributed by atoms with Crippen molar-refractivity contribution in [3.8, 4) is 0 Å². The largest absolute Gasteiger partial charge is 0.316 e. The highest BCUT2D eigenvalue weighted by molar-refractivity contribution is 5.31. The van der Waals surface area contributed by atoms with Gasteiger partial charge in [-0.2, -0.15) is 0 Å². The number of rotatable bonds is 2. The lowest BCUT2D eigenvalue weighted by Gasteiger charge is -2.16. The van der Waals surface area contributed by atoms with Crippen molar-refractivity contribution in [2.24, 2.45) is 11.8 Å². The number of hydrogen-bond acceptors (Lipinski definition) is 1. The summed E-state index contributed by atoms with van der Waals surface area (Å²) in [6.07, 6.45) is 1.24. The first-order valence-electron chi connectivity index (χ1n) is 5.93. The van der Waals surface area contributed by atoms with Crippen LogP contribution in [0.5, 0.6) is 0 Å². The molecular weight excluding hydrogens is 182 g/mol. The second-order valence-corrected chi connectivity index (χ2v) is 5.03. The number of hydrogen-bond donors (Lipinski definition) is 1. The van der Waals surface area contributed by atoms with Gasteiger partial charge in [0.15, 0.2) is 0 Å². The van der Waals surface area contributed by atoms with Gasteiger partial charge in [-0.25, -0.2) is 0 Å². The summed E-state index contributed by atoms with van der Waals surface area (Å²) in [6, 6.07) is 6.80. The second-order valence-electron chi connectivity index (χ2n) is 5.03. The third-order valence-electron chi connectivity index (χ3n) is 3.66. The number of aryl methyl sites for hydroxylation is 2. The van der Waals surface area contributed by atoms with Gasteiger partial charge in [0.05, 0.1) is 0 Å². The lowest BCUT2D eigenvalue weighted by atomic mass is 9.89. The van der Waals surface area contributed by atoms with Crippen molar-refractivity contribution in [1.29, 1.82) is 0 Å². The maximum absolute atomic E-state index is 3.48. The SMILES string of the molecule is Cc1ccc(C)c(C[C@@H]2CNC[C@H]2C)c1. The van der Waals surface area contributed by atoms with Gasteiger partial charge >= 0.3 is 0 Å². The van der Waals surface area contributed by atoms with Crippen LogP contribution in [-0.4, -0.2) is 13.1 Å². The predicted molar refractivity (Wildman–Crippen MR) is 65.1 cm³/mol. The van der Waals surface area contributed by atoms with Crippen molar-refractivity contribution in [3.63, 3.8) is 0 Å². The molecule has 0 aliphatic carbocycles. The summed E-state index contributed by atoms with van der Waals surface area (Å²) in [5, 5.41) is 3.48. The van der Waals surface area contributed by atoms with Crippen LogP contribution in [0.3, 0.4) is 0 Å². The minimum atomic E-state index is 0.824. The van der Waals surface area contributed by atoms with Gasteiger partial charge in [0.25, 0.3) is 0 Å². The van der Waals surface area contributed by atoms with Crippen molar-refractivity contribution in [2.45, 2.75) is 27.2 Å². The van der Waals surface area contributed by atoms with Crippen LogP contribution in [0.2, 0.25) is 0 Å². The summed E-state index contributed by atoms with van der Waals surface area (Å²) in [5.41, 5.74) is 4.37. The highest BCUT2D eigenvalue weighted by Crippen LogP contribution is 2.23. The molecule has 2 rings (SSSR count). The van der Waals surface area contributed by atoms with Crippen molar-refractivity contribution >= 4 is 0 Å². The molecule has 0 bridgehead atoms. The first kappa shape index (κ1) is 10.7. The molecule has 0 unspecified atom stereocenters. The fourth-order valence-electron chi connectivity index (χ4n) is 2.44. The van der Waals surface area contributed by atoms with Gasteiger partial charge < -0.3 is 5.32 Å². The summed E-state index contributed by atoms with van der Waals surface area (Å²) in [6.45, 7) is 9.14. The second kappa shape index (κ2) is 4.36. The van der Waals surface area contributed by atoms with Crippen molar-refractivity contribution in [1.82, 2.24) is 5.32 Å². The summed E-state index contributed by atoms with van der Waals surface area (Å²) in [4.78, 5) is 0. The van der Waals surface area contributed by atoms with E-state index >= 15 is 0 Å². The maximum atomic E-state index is 3.48. The Hall–Kier alpha value is -0.820. The van der Waals surface area contributed by atoms with Crippen LogP contribution in [0.4, 0.5) is 0 Å². The molecule has 0 spiro atoms. The lowest BCUT2D eigenvalue weighted by Crippen LogP contribution is -2.13. The fraction of sp³-hybridized carbons (Fsp3) is 0.571. The van der Waals surface area contributed by atoms with Crippen molar-refractivity contribution in [2.75, 3.05) is 13.1 Å². The third kappa shape index (κ3) is 2.40. The molecular formula is C14H21N. The van der Waals surface area contributed by atoms with Gasteiger partial charge in [-0.3, -0.25) is 0 Å². The van der Waals surface area contributed by atoms with Crippen LogP contribution in [0, 0.1) is 25.7 Å². The molecule has 1 aromatic rings. The van der Waals surface area contributed by atoms with E-state index in [0.29, 0.717) is 0 Å².